The largest absolute Gasteiger partial charge is 0.389 e. The summed E-state index contributed by atoms with van der Waals surface area (Å²) in [6, 6.07) is 4.76. The van der Waals surface area contributed by atoms with Gasteiger partial charge in [0.15, 0.2) is 0 Å². The van der Waals surface area contributed by atoms with Crippen LogP contribution >= 0.6 is 11.3 Å². The second-order valence-electron chi connectivity index (χ2n) is 4.57. The Labute approximate surface area is 116 Å². The van der Waals surface area contributed by atoms with Crippen molar-refractivity contribution in [1.29, 1.82) is 0 Å². The van der Waals surface area contributed by atoms with Crippen LogP contribution in [0.1, 0.15) is 29.3 Å². The number of aryl methyl sites for hydroxylation is 1. The van der Waals surface area contributed by atoms with E-state index < -0.39 is 6.10 Å². The minimum Gasteiger partial charge on any atom is -0.389 e. The first-order valence-electron chi connectivity index (χ1n) is 6.07. The molecule has 0 saturated carbocycles. The first kappa shape index (κ1) is 14.0. The third kappa shape index (κ3) is 3.11. The normalized spacial score (nSPS) is 12.5. The molecule has 1 aromatic heterocycles. The van der Waals surface area contributed by atoms with Gasteiger partial charge in [0.1, 0.15) is 5.82 Å². The van der Waals surface area contributed by atoms with E-state index in [0.29, 0.717) is 17.8 Å². The zero-order chi connectivity index (χ0) is 14.0. The second-order valence-corrected chi connectivity index (χ2v) is 5.63. The number of hydrogen-bond acceptors (Lipinski definition) is 4. The van der Waals surface area contributed by atoms with Crippen molar-refractivity contribution in [2.45, 2.75) is 26.5 Å². The average Bonchev–Trinajstić information content (AvgIpc) is 2.74. The number of aromatic nitrogens is 1. The molecule has 1 heterocycles. The molecule has 1 N–H and O–H groups in total. The van der Waals surface area contributed by atoms with Crippen LogP contribution in [0.3, 0.4) is 0 Å². The molecule has 0 saturated heterocycles. The van der Waals surface area contributed by atoms with Gasteiger partial charge >= 0.3 is 0 Å². The van der Waals surface area contributed by atoms with Gasteiger partial charge in [-0.25, -0.2) is 9.37 Å². The summed E-state index contributed by atoms with van der Waals surface area (Å²) in [4.78, 5) is 6.16. The minimum absolute atomic E-state index is 0.326. The van der Waals surface area contributed by atoms with Gasteiger partial charge in [-0.3, -0.25) is 0 Å². The molecule has 5 heteroatoms. The molecular weight excluding hydrogens is 263 g/mol. The number of aliphatic hydroxyl groups is 1. The first-order valence-corrected chi connectivity index (χ1v) is 6.95. The van der Waals surface area contributed by atoms with Crippen molar-refractivity contribution in [3.63, 3.8) is 0 Å². The number of nitrogens with zero attached hydrogens (tertiary/aromatic N) is 2. The summed E-state index contributed by atoms with van der Waals surface area (Å²) < 4.78 is 14.0. The van der Waals surface area contributed by atoms with Crippen LogP contribution in [0, 0.1) is 12.7 Å². The zero-order valence-corrected chi connectivity index (χ0v) is 12.0. The minimum atomic E-state index is -0.703. The maximum absolute atomic E-state index is 14.0. The Kier molecular flexibility index (Phi) is 4.17. The van der Waals surface area contributed by atoms with Crippen molar-refractivity contribution >= 4 is 17.0 Å². The number of anilines is 1. The lowest BCUT2D eigenvalue weighted by molar-refractivity contribution is 0.199. The fourth-order valence-corrected chi connectivity index (χ4v) is 2.68. The number of benzene rings is 1. The summed E-state index contributed by atoms with van der Waals surface area (Å²) in [6.07, 6.45) is -0.703. The van der Waals surface area contributed by atoms with Crippen molar-refractivity contribution in [3.05, 3.63) is 45.7 Å². The first-order chi connectivity index (χ1) is 8.99. The Balaban J connectivity index is 2.30. The number of para-hydroxylation sites is 1. The SMILES string of the molecule is Cc1nc(CN(C)c2c(F)cccc2[C@H](C)O)cs1. The van der Waals surface area contributed by atoms with E-state index in [0.717, 1.165) is 10.7 Å². The fourth-order valence-electron chi connectivity index (χ4n) is 2.07. The molecule has 1 aromatic carbocycles. The molecule has 2 aromatic rings. The molecule has 1 atom stereocenters. The molecule has 3 nitrogen and oxygen atoms in total. The summed E-state index contributed by atoms with van der Waals surface area (Å²) >= 11 is 1.58. The Morgan fingerprint density at radius 3 is 2.79 bits per heavy atom. The van der Waals surface area contributed by atoms with Gasteiger partial charge in [0.25, 0.3) is 0 Å². The van der Waals surface area contributed by atoms with Crippen LogP contribution in [0.15, 0.2) is 23.6 Å². The zero-order valence-electron chi connectivity index (χ0n) is 11.2. The van der Waals surface area contributed by atoms with Gasteiger partial charge in [-0.15, -0.1) is 11.3 Å². The Hall–Kier alpha value is -1.46. The van der Waals surface area contributed by atoms with Gasteiger partial charge in [-0.2, -0.15) is 0 Å². The van der Waals surface area contributed by atoms with Crippen LogP contribution in [0.2, 0.25) is 0 Å². The number of rotatable bonds is 4. The maximum atomic E-state index is 14.0. The van der Waals surface area contributed by atoms with Crippen molar-refractivity contribution in [2.75, 3.05) is 11.9 Å². The monoisotopic (exact) mass is 280 g/mol. The van der Waals surface area contributed by atoms with E-state index >= 15 is 0 Å². The average molecular weight is 280 g/mol. The van der Waals surface area contributed by atoms with E-state index in [1.165, 1.54) is 6.07 Å². The topological polar surface area (TPSA) is 36.4 Å². The van der Waals surface area contributed by atoms with E-state index in [1.807, 2.05) is 12.3 Å². The van der Waals surface area contributed by atoms with Crippen LogP contribution in [-0.4, -0.2) is 17.1 Å². The smallest absolute Gasteiger partial charge is 0.146 e. The second kappa shape index (κ2) is 5.67. The third-order valence-electron chi connectivity index (χ3n) is 2.92. The molecule has 0 unspecified atom stereocenters. The highest BCUT2D eigenvalue weighted by atomic mass is 32.1. The summed E-state index contributed by atoms with van der Waals surface area (Å²) in [5, 5.41) is 12.7. The maximum Gasteiger partial charge on any atom is 0.146 e. The van der Waals surface area contributed by atoms with Gasteiger partial charge in [0.2, 0.25) is 0 Å². The molecule has 0 fully saturated rings. The van der Waals surface area contributed by atoms with Crippen LogP contribution in [-0.2, 0) is 6.54 Å². The van der Waals surface area contributed by atoms with E-state index in [2.05, 4.69) is 4.98 Å². The molecule has 0 amide bonds. The van der Waals surface area contributed by atoms with Gasteiger partial charge in [0, 0.05) is 18.0 Å². The third-order valence-corrected chi connectivity index (χ3v) is 3.74. The molecule has 0 radical (unpaired) electrons. The van der Waals surface area contributed by atoms with Crippen molar-refractivity contribution < 1.29 is 9.50 Å². The summed E-state index contributed by atoms with van der Waals surface area (Å²) in [7, 11) is 1.80. The molecule has 0 aliphatic carbocycles. The molecular formula is C14H17FN2OS. The number of thiazole rings is 1. The lowest BCUT2D eigenvalue weighted by Crippen LogP contribution is -2.20. The van der Waals surface area contributed by atoms with E-state index in [-0.39, 0.29) is 5.82 Å². The molecule has 102 valence electrons. The summed E-state index contributed by atoms with van der Waals surface area (Å²) in [6.45, 7) is 4.10. The molecule has 0 bridgehead atoms. The fraction of sp³-hybridized carbons (Fsp3) is 0.357. The molecule has 19 heavy (non-hydrogen) atoms. The standard InChI is InChI=1S/C14H17FN2OS/c1-9(18)12-5-4-6-13(15)14(12)17(3)7-11-8-19-10(2)16-11/h4-6,8-9,18H,7H2,1-3H3/t9-/m0/s1. The lowest BCUT2D eigenvalue weighted by Gasteiger charge is -2.23. The van der Waals surface area contributed by atoms with Crippen LogP contribution < -0.4 is 4.90 Å². The molecule has 0 aliphatic heterocycles. The molecule has 0 spiro atoms. The predicted molar refractivity (Wildman–Crippen MR) is 76.0 cm³/mol. The van der Waals surface area contributed by atoms with E-state index in [4.69, 9.17) is 0 Å². The highest BCUT2D eigenvalue weighted by Crippen LogP contribution is 2.29. The Morgan fingerprint density at radius 1 is 1.47 bits per heavy atom. The van der Waals surface area contributed by atoms with Crippen LogP contribution in [0.25, 0.3) is 0 Å². The quantitative estimate of drug-likeness (QED) is 0.933. The van der Waals surface area contributed by atoms with Gasteiger partial charge in [-0.1, -0.05) is 12.1 Å². The number of hydrogen-bond donors (Lipinski definition) is 1. The molecule has 0 aliphatic rings. The number of aliphatic hydroxyl groups excluding tert-OH is 1. The van der Waals surface area contributed by atoms with Crippen molar-refractivity contribution in [2.24, 2.45) is 0 Å². The summed E-state index contributed by atoms with van der Waals surface area (Å²) in [5.74, 6) is -0.326. The van der Waals surface area contributed by atoms with Crippen molar-refractivity contribution in [3.8, 4) is 0 Å². The highest BCUT2D eigenvalue weighted by molar-refractivity contribution is 7.09. The van der Waals surface area contributed by atoms with E-state index in [1.54, 1.807) is 42.3 Å². The summed E-state index contributed by atoms with van der Waals surface area (Å²) in [5.41, 5.74) is 1.93. The Bertz CT molecular complexity index is 568. The van der Waals surface area contributed by atoms with E-state index in [9.17, 15) is 9.50 Å². The predicted octanol–water partition coefficient (Wildman–Crippen LogP) is 3.28. The van der Waals surface area contributed by atoms with Crippen LogP contribution in [0.5, 0.6) is 0 Å². The van der Waals surface area contributed by atoms with Gasteiger partial charge < -0.3 is 10.0 Å². The lowest BCUT2D eigenvalue weighted by atomic mass is 10.1. The van der Waals surface area contributed by atoms with Crippen LogP contribution in [0.4, 0.5) is 10.1 Å². The van der Waals surface area contributed by atoms with Gasteiger partial charge in [0.05, 0.1) is 29.0 Å². The molecule has 2 rings (SSSR count). The van der Waals surface area contributed by atoms with Crippen molar-refractivity contribution in [1.82, 2.24) is 4.98 Å². The number of halogens is 1. The highest BCUT2D eigenvalue weighted by Gasteiger charge is 2.17. The Morgan fingerprint density at radius 2 is 2.21 bits per heavy atom. The van der Waals surface area contributed by atoms with Gasteiger partial charge in [-0.05, 0) is 19.9 Å².